The van der Waals surface area contributed by atoms with Crippen molar-refractivity contribution in [2.75, 3.05) is 6.61 Å². The molecule has 3 rings (SSSR count). The summed E-state index contributed by atoms with van der Waals surface area (Å²) in [5.41, 5.74) is 0.112. The molecule has 0 amide bonds. The highest BCUT2D eigenvalue weighted by Gasteiger charge is 2.44. The number of aromatic nitrogens is 3. The third-order valence-corrected chi connectivity index (χ3v) is 4.85. The fourth-order valence-electron chi connectivity index (χ4n) is 2.72. The third-order valence-electron chi connectivity index (χ3n) is 4.85. The van der Waals surface area contributed by atoms with E-state index in [0.29, 0.717) is 5.75 Å². The van der Waals surface area contributed by atoms with Crippen LogP contribution in [0.25, 0.3) is 11.1 Å². The van der Waals surface area contributed by atoms with Gasteiger partial charge in [0.2, 0.25) is 0 Å². The first-order chi connectivity index (χ1) is 12.9. The quantitative estimate of drug-likeness (QED) is 0.655. The minimum atomic E-state index is -1.31. The summed E-state index contributed by atoms with van der Waals surface area (Å²) in [4.78, 5) is 3.92. The van der Waals surface area contributed by atoms with Crippen LogP contribution in [0.5, 0.6) is 5.75 Å². The second kappa shape index (κ2) is 7.65. The zero-order chi connectivity index (χ0) is 19.3. The van der Waals surface area contributed by atoms with Crippen molar-refractivity contribution >= 4 is 0 Å². The van der Waals surface area contributed by atoms with Gasteiger partial charge in [0.05, 0.1) is 12.0 Å². The van der Waals surface area contributed by atoms with Crippen molar-refractivity contribution in [1.82, 2.24) is 14.8 Å². The molecule has 1 N–H and O–H groups in total. The van der Waals surface area contributed by atoms with E-state index in [9.17, 15) is 5.11 Å². The van der Waals surface area contributed by atoms with Gasteiger partial charge in [-0.25, -0.2) is 9.67 Å². The van der Waals surface area contributed by atoms with Crippen LogP contribution < -0.4 is 4.74 Å². The van der Waals surface area contributed by atoms with E-state index < -0.39 is 11.0 Å². The second-order valence-electron chi connectivity index (χ2n) is 7.07. The maximum atomic E-state index is 11.2. The fraction of sp³-hybridized carbons (Fsp3) is 0.273. The predicted octanol–water partition coefficient (Wildman–Crippen LogP) is 3.41. The molecule has 0 radical (unpaired) electrons. The van der Waals surface area contributed by atoms with E-state index >= 15 is 0 Å². The predicted molar refractivity (Wildman–Crippen MR) is 105 cm³/mol. The molecule has 0 saturated carbocycles. The molecule has 1 atom stereocenters. The number of aliphatic hydroxyl groups is 1. The number of hydrogen-bond acceptors (Lipinski definition) is 4. The molecule has 1 unspecified atom stereocenters. The van der Waals surface area contributed by atoms with Crippen molar-refractivity contribution in [3.8, 4) is 29.2 Å². The summed E-state index contributed by atoms with van der Waals surface area (Å²) in [5.74, 6) is 3.34. The van der Waals surface area contributed by atoms with Gasteiger partial charge in [0.15, 0.2) is 0 Å². The molecule has 0 saturated heterocycles. The molecule has 0 aliphatic heterocycles. The summed E-state index contributed by atoms with van der Waals surface area (Å²) < 4.78 is 7.45. The second-order valence-corrected chi connectivity index (χ2v) is 7.07. The molecule has 0 aliphatic carbocycles. The van der Waals surface area contributed by atoms with Crippen LogP contribution in [0.1, 0.15) is 13.8 Å². The zero-order valence-corrected chi connectivity index (χ0v) is 15.5. The SMILES string of the molecule is C#CC(C)(C)C(O)(COc1ccc(-c2ccccc2)cc1)Cn1cncn1. The topological polar surface area (TPSA) is 60.2 Å². The van der Waals surface area contributed by atoms with Gasteiger partial charge < -0.3 is 9.84 Å². The Balaban J connectivity index is 1.74. The molecule has 0 spiro atoms. The minimum Gasteiger partial charge on any atom is -0.490 e. The monoisotopic (exact) mass is 361 g/mol. The van der Waals surface area contributed by atoms with Crippen LogP contribution in [0.15, 0.2) is 67.3 Å². The van der Waals surface area contributed by atoms with Gasteiger partial charge in [-0.15, -0.1) is 6.42 Å². The number of terminal acetylenes is 1. The number of nitrogens with zero attached hydrogens (tertiary/aromatic N) is 3. The summed E-state index contributed by atoms with van der Waals surface area (Å²) in [6, 6.07) is 17.9. The van der Waals surface area contributed by atoms with Gasteiger partial charge in [0.1, 0.15) is 30.6 Å². The Morgan fingerprint density at radius 2 is 1.74 bits per heavy atom. The highest BCUT2D eigenvalue weighted by molar-refractivity contribution is 5.63. The highest BCUT2D eigenvalue weighted by atomic mass is 16.5. The molecular weight excluding hydrogens is 338 g/mol. The summed E-state index contributed by atoms with van der Waals surface area (Å²) >= 11 is 0. The van der Waals surface area contributed by atoms with Crippen molar-refractivity contribution < 1.29 is 9.84 Å². The Hall–Kier alpha value is -3.10. The smallest absolute Gasteiger partial charge is 0.137 e. The Bertz CT molecular complexity index is 897. The average Bonchev–Trinajstić information content (AvgIpc) is 3.20. The van der Waals surface area contributed by atoms with Crippen LogP contribution in [0.4, 0.5) is 0 Å². The highest BCUT2D eigenvalue weighted by Crippen LogP contribution is 2.33. The molecular formula is C22H23N3O2. The van der Waals surface area contributed by atoms with Gasteiger partial charge in [-0.2, -0.15) is 5.10 Å². The van der Waals surface area contributed by atoms with E-state index in [2.05, 4.69) is 28.1 Å². The van der Waals surface area contributed by atoms with E-state index in [0.717, 1.165) is 11.1 Å². The van der Waals surface area contributed by atoms with E-state index in [-0.39, 0.29) is 13.2 Å². The van der Waals surface area contributed by atoms with Crippen molar-refractivity contribution in [1.29, 1.82) is 0 Å². The third kappa shape index (κ3) is 4.18. The fourth-order valence-corrected chi connectivity index (χ4v) is 2.72. The van der Waals surface area contributed by atoms with Crippen molar-refractivity contribution in [2.45, 2.75) is 26.0 Å². The maximum Gasteiger partial charge on any atom is 0.137 e. The number of benzene rings is 2. The molecule has 1 aromatic heterocycles. The lowest BCUT2D eigenvalue weighted by Gasteiger charge is -2.38. The van der Waals surface area contributed by atoms with Gasteiger partial charge in [-0.3, -0.25) is 0 Å². The van der Waals surface area contributed by atoms with E-state index in [1.807, 2.05) is 56.3 Å². The average molecular weight is 361 g/mol. The molecule has 27 heavy (non-hydrogen) atoms. The lowest BCUT2D eigenvalue weighted by atomic mass is 9.75. The first kappa shape index (κ1) is 18.7. The lowest BCUT2D eigenvalue weighted by molar-refractivity contribution is -0.0849. The molecule has 0 aliphatic rings. The molecule has 3 aromatic rings. The normalized spacial score (nSPS) is 13.6. The molecule has 0 fully saturated rings. The van der Waals surface area contributed by atoms with Crippen LogP contribution >= 0.6 is 0 Å². The van der Waals surface area contributed by atoms with Gasteiger partial charge in [-0.05, 0) is 37.1 Å². The van der Waals surface area contributed by atoms with Crippen molar-refractivity contribution in [2.24, 2.45) is 5.41 Å². The van der Waals surface area contributed by atoms with Crippen molar-refractivity contribution in [3.05, 3.63) is 67.3 Å². The first-order valence-corrected chi connectivity index (χ1v) is 8.74. The number of rotatable bonds is 7. The Labute approximate surface area is 159 Å². The number of ether oxygens (including phenoxy) is 1. The van der Waals surface area contributed by atoms with Gasteiger partial charge >= 0.3 is 0 Å². The largest absolute Gasteiger partial charge is 0.490 e. The summed E-state index contributed by atoms with van der Waals surface area (Å²) in [6.07, 6.45) is 8.63. The zero-order valence-electron chi connectivity index (χ0n) is 15.5. The van der Waals surface area contributed by atoms with Crippen LogP contribution in [-0.2, 0) is 6.54 Å². The molecule has 138 valence electrons. The first-order valence-electron chi connectivity index (χ1n) is 8.74. The van der Waals surface area contributed by atoms with E-state index in [4.69, 9.17) is 11.2 Å². The number of hydrogen-bond donors (Lipinski definition) is 1. The minimum absolute atomic E-state index is 0.0365. The summed E-state index contributed by atoms with van der Waals surface area (Å²) in [7, 11) is 0. The summed E-state index contributed by atoms with van der Waals surface area (Å²) in [5, 5.41) is 15.3. The summed E-state index contributed by atoms with van der Waals surface area (Å²) in [6.45, 7) is 3.85. The van der Waals surface area contributed by atoms with Crippen LogP contribution in [-0.4, -0.2) is 32.1 Å². The van der Waals surface area contributed by atoms with Gasteiger partial charge in [-0.1, -0.05) is 48.4 Å². The maximum absolute atomic E-state index is 11.2. The van der Waals surface area contributed by atoms with Gasteiger partial charge in [0, 0.05) is 0 Å². The molecule has 1 heterocycles. The van der Waals surface area contributed by atoms with Crippen LogP contribution in [0.2, 0.25) is 0 Å². The Morgan fingerprint density at radius 1 is 1.07 bits per heavy atom. The molecule has 2 aromatic carbocycles. The van der Waals surface area contributed by atoms with Crippen LogP contribution in [0, 0.1) is 17.8 Å². The Morgan fingerprint density at radius 3 is 2.33 bits per heavy atom. The van der Waals surface area contributed by atoms with Crippen LogP contribution in [0.3, 0.4) is 0 Å². The van der Waals surface area contributed by atoms with Crippen molar-refractivity contribution in [3.63, 3.8) is 0 Å². The molecule has 0 bridgehead atoms. The lowest BCUT2D eigenvalue weighted by Crippen LogP contribution is -2.52. The van der Waals surface area contributed by atoms with Gasteiger partial charge in [0.25, 0.3) is 0 Å². The molecule has 5 nitrogen and oxygen atoms in total. The Kier molecular flexibility index (Phi) is 5.29. The molecule has 5 heteroatoms. The van der Waals surface area contributed by atoms with E-state index in [1.165, 1.54) is 6.33 Å². The standard InChI is InChI=1S/C22H23N3O2/c1-4-21(2,3)22(26,14-25-17-23-16-24-25)15-27-20-12-10-19(11-13-20)18-8-6-5-7-9-18/h1,5-13,16-17,26H,14-15H2,2-3H3. The van der Waals surface area contributed by atoms with E-state index in [1.54, 1.807) is 11.0 Å².